The fourth-order valence-electron chi connectivity index (χ4n) is 0.655. The highest BCUT2D eigenvalue weighted by Crippen LogP contribution is 2.01. The molecule has 0 aliphatic carbocycles. The summed E-state index contributed by atoms with van der Waals surface area (Å²) in [6, 6.07) is 0.00403. The van der Waals surface area contributed by atoms with Crippen LogP contribution in [0.4, 0.5) is 4.79 Å². The topological polar surface area (TPSA) is 58.6 Å². The molecule has 0 rings (SSSR count). The van der Waals surface area contributed by atoms with Crippen LogP contribution in [0.2, 0.25) is 0 Å². The number of nitrogens with one attached hydrogen (secondary N) is 1. The molecule has 4 nitrogen and oxygen atoms in total. The monoisotopic (exact) mass is 193 g/mol. The average molecular weight is 193 g/mol. The third kappa shape index (κ3) is 7.68. The highest BCUT2D eigenvalue weighted by atomic mass is 32.2. The van der Waals surface area contributed by atoms with Gasteiger partial charge >= 0.3 is 6.09 Å². The van der Waals surface area contributed by atoms with Crippen molar-refractivity contribution in [3.05, 3.63) is 0 Å². The van der Waals surface area contributed by atoms with Gasteiger partial charge in [-0.2, -0.15) is 11.8 Å². The maximum Gasteiger partial charge on any atom is 0.404 e. The number of thioether (sulfide) groups is 1. The molecule has 0 aromatic heterocycles. The van der Waals surface area contributed by atoms with E-state index >= 15 is 0 Å². The molecule has 0 unspecified atom stereocenters. The Bertz CT molecular complexity index is 132. The number of carboxylic acid groups (broad SMARTS) is 1. The molecule has 0 aromatic rings. The fraction of sp³-hybridized carbons (Fsp3) is 0.857. The van der Waals surface area contributed by atoms with E-state index < -0.39 is 6.09 Å². The summed E-state index contributed by atoms with van der Waals surface area (Å²) in [5, 5.41) is 10.7. The van der Waals surface area contributed by atoms with Gasteiger partial charge in [0.15, 0.2) is 0 Å². The number of amides is 1. The van der Waals surface area contributed by atoms with E-state index in [1.807, 2.05) is 6.92 Å². The van der Waals surface area contributed by atoms with E-state index in [0.717, 1.165) is 11.5 Å². The van der Waals surface area contributed by atoms with Gasteiger partial charge in [0.2, 0.25) is 0 Å². The van der Waals surface area contributed by atoms with Crippen molar-refractivity contribution in [1.82, 2.24) is 5.32 Å². The number of ether oxygens (including phenoxy) is 1. The second kappa shape index (κ2) is 7.24. The molecule has 0 aliphatic heterocycles. The smallest absolute Gasteiger partial charge is 0.404 e. The zero-order chi connectivity index (χ0) is 9.40. The molecule has 0 aliphatic rings. The summed E-state index contributed by atoms with van der Waals surface area (Å²) in [5.74, 6) is 1.69. The van der Waals surface area contributed by atoms with Crippen LogP contribution >= 0.6 is 11.8 Å². The Morgan fingerprint density at radius 1 is 1.75 bits per heavy atom. The zero-order valence-corrected chi connectivity index (χ0v) is 8.19. The van der Waals surface area contributed by atoms with E-state index in [4.69, 9.17) is 9.84 Å². The van der Waals surface area contributed by atoms with Crippen molar-refractivity contribution in [3.8, 4) is 0 Å². The van der Waals surface area contributed by atoms with Crippen molar-refractivity contribution in [1.29, 1.82) is 0 Å². The van der Waals surface area contributed by atoms with Gasteiger partial charge in [-0.3, -0.25) is 0 Å². The van der Waals surface area contributed by atoms with Crippen LogP contribution in [0, 0.1) is 0 Å². The van der Waals surface area contributed by atoms with Crippen LogP contribution in [0.3, 0.4) is 0 Å². The molecular formula is C7H15NO3S. The third-order valence-electron chi connectivity index (χ3n) is 1.17. The predicted octanol–water partition coefficient (Wildman–Crippen LogP) is 1.02. The minimum absolute atomic E-state index is 0.00403. The fourth-order valence-corrected chi connectivity index (χ4v) is 1.54. The van der Waals surface area contributed by atoms with Crippen LogP contribution in [0.1, 0.15) is 6.92 Å². The van der Waals surface area contributed by atoms with Crippen molar-refractivity contribution in [2.45, 2.75) is 13.0 Å². The second-order valence-corrected chi connectivity index (χ2v) is 3.57. The van der Waals surface area contributed by atoms with Crippen molar-refractivity contribution < 1.29 is 14.6 Å². The van der Waals surface area contributed by atoms with Gasteiger partial charge in [-0.1, -0.05) is 0 Å². The van der Waals surface area contributed by atoms with Gasteiger partial charge in [0.25, 0.3) is 0 Å². The minimum Gasteiger partial charge on any atom is -0.465 e. The van der Waals surface area contributed by atoms with E-state index in [1.54, 1.807) is 18.9 Å². The first-order chi connectivity index (χ1) is 5.66. The second-order valence-electron chi connectivity index (χ2n) is 2.42. The first kappa shape index (κ1) is 11.6. The Balaban J connectivity index is 3.19. The lowest BCUT2D eigenvalue weighted by Gasteiger charge is -2.09. The molecule has 5 heteroatoms. The van der Waals surface area contributed by atoms with Gasteiger partial charge in [-0.25, -0.2) is 4.79 Å². The molecular weight excluding hydrogens is 178 g/mol. The van der Waals surface area contributed by atoms with Gasteiger partial charge in [0, 0.05) is 24.7 Å². The van der Waals surface area contributed by atoms with Crippen LogP contribution < -0.4 is 5.32 Å². The normalized spacial score (nSPS) is 12.5. The molecule has 0 spiro atoms. The standard InChI is InChI=1S/C7H15NO3S/c1-6(8-7(9)10)5-12-4-3-11-2/h6,8H,3-5H2,1-2H3,(H,9,10)/t6-/m1/s1. The largest absolute Gasteiger partial charge is 0.465 e. The van der Waals surface area contributed by atoms with Crippen LogP contribution in [0.25, 0.3) is 0 Å². The molecule has 0 saturated heterocycles. The number of hydrogen-bond acceptors (Lipinski definition) is 3. The molecule has 0 bridgehead atoms. The lowest BCUT2D eigenvalue weighted by atomic mass is 10.4. The molecule has 2 N–H and O–H groups in total. The summed E-state index contributed by atoms with van der Waals surface area (Å²) in [6.45, 7) is 2.55. The molecule has 0 heterocycles. The van der Waals surface area contributed by atoms with Crippen molar-refractivity contribution in [2.75, 3.05) is 25.2 Å². The molecule has 0 saturated carbocycles. The third-order valence-corrected chi connectivity index (χ3v) is 2.36. The van der Waals surface area contributed by atoms with E-state index in [9.17, 15) is 4.79 Å². The van der Waals surface area contributed by atoms with Crippen LogP contribution in [0.15, 0.2) is 0 Å². The van der Waals surface area contributed by atoms with Gasteiger partial charge in [0.05, 0.1) is 6.61 Å². The highest BCUT2D eigenvalue weighted by Gasteiger charge is 2.03. The van der Waals surface area contributed by atoms with Crippen LogP contribution in [-0.4, -0.2) is 42.5 Å². The maximum absolute atomic E-state index is 10.2. The van der Waals surface area contributed by atoms with Crippen LogP contribution in [0.5, 0.6) is 0 Å². The van der Waals surface area contributed by atoms with Crippen molar-refractivity contribution >= 4 is 17.9 Å². The lowest BCUT2D eigenvalue weighted by molar-refractivity contribution is 0.192. The quantitative estimate of drug-likeness (QED) is 0.618. The minimum atomic E-state index is -0.963. The molecule has 1 amide bonds. The Kier molecular flexibility index (Phi) is 6.99. The molecule has 0 fully saturated rings. The van der Waals surface area contributed by atoms with E-state index in [1.165, 1.54) is 0 Å². The number of rotatable bonds is 6. The molecule has 0 radical (unpaired) electrons. The molecule has 0 aromatic carbocycles. The van der Waals surface area contributed by atoms with E-state index in [2.05, 4.69) is 5.32 Å². The van der Waals surface area contributed by atoms with E-state index in [0.29, 0.717) is 6.61 Å². The summed E-state index contributed by atoms with van der Waals surface area (Å²) in [5.41, 5.74) is 0. The summed E-state index contributed by atoms with van der Waals surface area (Å²) >= 11 is 1.68. The maximum atomic E-state index is 10.2. The number of carbonyl (C=O) groups is 1. The van der Waals surface area contributed by atoms with Gasteiger partial charge in [0.1, 0.15) is 0 Å². The summed E-state index contributed by atoms with van der Waals surface area (Å²) in [7, 11) is 1.65. The first-order valence-corrected chi connectivity index (χ1v) is 4.88. The lowest BCUT2D eigenvalue weighted by Crippen LogP contribution is -2.32. The number of hydrogen-bond donors (Lipinski definition) is 2. The Morgan fingerprint density at radius 2 is 2.42 bits per heavy atom. The Labute approximate surface area is 76.7 Å². The SMILES string of the molecule is COCCSC[C@@H](C)NC(=O)O. The zero-order valence-electron chi connectivity index (χ0n) is 7.37. The van der Waals surface area contributed by atoms with Gasteiger partial charge in [-0.15, -0.1) is 0 Å². The molecule has 72 valence electrons. The van der Waals surface area contributed by atoms with Crippen molar-refractivity contribution in [2.24, 2.45) is 0 Å². The van der Waals surface area contributed by atoms with Crippen molar-refractivity contribution in [3.63, 3.8) is 0 Å². The summed E-state index contributed by atoms with van der Waals surface area (Å²) in [6.07, 6.45) is -0.963. The molecule has 12 heavy (non-hydrogen) atoms. The van der Waals surface area contributed by atoms with Crippen LogP contribution in [-0.2, 0) is 4.74 Å². The van der Waals surface area contributed by atoms with Gasteiger partial charge < -0.3 is 15.2 Å². The van der Waals surface area contributed by atoms with E-state index in [-0.39, 0.29) is 6.04 Å². The summed E-state index contributed by atoms with van der Waals surface area (Å²) in [4.78, 5) is 10.2. The highest BCUT2D eigenvalue weighted by molar-refractivity contribution is 7.99. The summed E-state index contributed by atoms with van der Waals surface area (Å²) < 4.78 is 4.85. The van der Waals surface area contributed by atoms with Gasteiger partial charge in [-0.05, 0) is 6.92 Å². The Morgan fingerprint density at radius 3 is 2.92 bits per heavy atom. The Hall–Kier alpha value is -0.420. The number of methoxy groups -OCH3 is 1. The first-order valence-electron chi connectivity index (χ1n) is 3.73. The predicted molar refractivity (Wildman–Crippen MR) is 49.8 cm³/mol. The molecule has 1 atom stereocenters. The average Bonchev–Trinajstić information content (AvgIpc) is 1.97.